The predicted molar refractivity (Wildman–Crippen MR) is 79.2 cm³/mol. The van der Waals surface area contributed by atoms with Gasteiger partial charge in [0, 0.05) is 23.3 Å². The van der Waals surface area contributed by atoms with Crippen LogP contribution in [-0.2, 0) is 0 Å². The molecule has 3 aromatic rings. The zero-order chi connectivity index (χ0) is 14.1. The fraction of sp³-hybridized carbons (Fsp3) is 0.200. The fourth-order valence-corrected chi connectivity index (χ4v) is 2.95. The summed E-state index contributed by atoms with van der Waals surface area (Å²) in [5.74, 6) is 0.171. The molecule has 5 heteroatoms. The number of hydrogen-bond acceptors (Lipinski definition) is 5. The maximum Gasteiger partial charge on any atom is 0.207 e. The van der Waals surface area contributed by atoms with Gasteiger partial charge < -0.3 is 0 Å². The molecule has 0 saturated carbocycles. The zero-order valence-electron chi connectivity index (χ0n) is 11.2. The van der Waals surface area contributed by atoms with Gasteiger partial charge >= 0.3 is 0 Å². The maximum atomic E-state index is 12.8. The number of rotatable bonds is 3. The first-order chi connectivity index (χ1) is 9.68. The molecule has 20 heavy (non-hydrogen) atoms. The molecule has 0 aliphatic carbocycles. The molecule has 0 aliphatic rings. The lowest BCUT2D eigenvalue weighted by molar-refractivity contribution is 0.104. The first kappa shape index (κ1) is 12.9. The van der Waals surface area contributed by atoms with Crippen LogP contribution in [0.5, 0.6) is 0 Å². The molecule has 0 fully saturated rings. The second-order valence-corrected chi connectivity index (χ2v) is 5.63. The van der Waals surface area contributed by atoms with E-state index in [4.69, 9.17) is 0 Å². The Balaban J connectivity index is 2.16. The van der Waals surface area contributed by atoms with E-state index in [-0.39, 0.29) is 11.7 Å². The molecule has 0 unspecified atom stereocenters. The molecule has 0 spiro atoms. The van der Waals surface area contributed by atoms with Gasteiger partial charge in [0.15, 0.2) is 0 Å². The van der Waals surface area contributed by atoms with Crippen LogP contribution in [0, 0.1) is 0 Å². The van der Waals surface area contributed by atoms with Crippen LogP contribution in [0.3, 0.4) is 0 Å². The van der Waals surface area contributed by atoms with E-state index in [2.05, 4.69) is 14.6 Å². The van der Waals surface area contributed by atoms with Crippen LogP contribution in [0.1, 0.15) is 40.7 Å². The molecule has 0 bridgehead atoms. The highest BCUT2D eigenvalue weighted by molar-refractivity contribution is 7.08. The average molecular weight is 283 g/mol. The number of nitrogens with zero attached hydrogens (tertiary/aromatic N) is 3. The van der Waals surface area contributed by atoms with Gasteiger partial charge in [0.2, 0.25) is 5.78 Å². The van der Waals surface area contributed by atoms with Gasteiger partial charge in [-0.3, -0.25) is 9.78 Å². The van der Waals surface area contributed by atoms with Crippen LogP contribution in [0.2, 0.25) is 0 Å². The summed E-state index contributed by atoms with van der Waals surface area (Å²) in [4.78, 5) is 17.5. The number of carbonyl (C=O) groups is 1. The lowest BCUT2D eigenvalue weighted by Crippen LogP contribution is -2.04. The highest BCUT2D eigenvalue weighted by Crippen LogP contribution is 2.26. The van der Waals surface area contributed by atoms with Crippen LogP contribution >= 0.6 is 11.5 Å². The van der Waals surface area contributed by atoms with E-state index in [1.165, 1.54) is 0 Å². The highest BCUT2D eigenvalue weighted by atomic mass is 32.1. The van der Waals surface area contributed by atoms with Crippen molar-refractivity contribution in [3.63, 3.8) is 0 Å². The number of benzene rings is 1. The van der Waals surface area contributed by atoms with Gasteiger partial charge in [0.25, 0.3) is 0 Å². The Hall–Kier alpha value is -2.14. The molecule has 2 aromatic heterocycles. The Morgan fingerprint density at radius 1 is 1.25 bits per heavy atom. The van der Waals surface area contributed by atoms with E-state index in [1.54, 1.807) is 12.4 Å². The van der Waals surface area contributed by atoms with E-state index < -0.39 is 0 Å². The summed E-state index contributed by atoms with van der Waals surface area (Å²) in [6.45, 7) is 4.03. The summed E-state index contributed by atoms with van der Waals surface area (Å²) in [7, 11) is 0. The quantitative estimate of drug-likeness (QED) is 0.691. The van der Waals surface area contributed by atoms with Gasteiger partial charge in [0.1, 0.15) is 4.88 Å². The topological polar surface area (TPSA) is 55.7 Å². The Morgan fingerprint density at radius 2 is 2.10 bits per heavy atom. The summed E-state index contributed by atoms with van der Waals surface area (Å²) in [6, 6.07) is 7.54. The number of aromatic nitrogens is 3. The molecule has 0 aliphatic heterocycles. The van der Waals surface area contributed by atoms with Crippen LogP contribution in [0.4, 0.5) is 0 Å². The number of carbonyl (C=O) groups excluding carboxylic acids is 1. The molecule has 100 valence electrons. The van der Waals surface area contributed by atoms with Crippen LogP contribution in [-0.4, -0.2) is 20.4 Å². The molecule has 0 saturated heterocycles. The van der Waals surface area contributed by atoms with E-state index >= 15 is 0 Å². The average Bonchev–Trinajstić information content (AvgIpc) is 2.95. The second kappa shape index (κ2) is 5.09. The molecule has 0 amide bonds. The number of hydrogen-bond donors (Lipinski definition) is 0. The van der Waals surface area contributed by atoms with E-state index in [0.717, 1.165) is 28.0 Å². The molecule has 0 N–H and O–H groups in total. The highest BCUT2D eigenvalue weighted by Gasteiger charge is 2.21. The van der Waals surface area contributed by atoms with Gasteiger partial charge in [-0.05, 0) is 28.9 Å². The number of ketones is 1. The molecular formula is C15H13N3OS. The molecule has 1 aromatic carbocycles. The lowest BCUT2D eigenvalue weighted by Gasteiger charge is -2.06. The zero-order valence-corrected chi connectivity index (χ0v) is 12.0. The van der Waals surface area contributed by atoms with Crippen molar-refractivity contribution in [1.29, 1.82) is 0 Å². The Labute approximate surface area is 120 Å². The lowest BCUT2D eigenvalue weighted by atomic mass is 9.99. The van der Waals surface area contributed by atoms with Crippen molar-refractivity contribution in [2.75, 3.05) is 0 Å². The van der Waals surface area contributed by atoms with Crippen molar-refractivity contribution in [1.82, 2.24) is 14.6 Å². The van der Waals surface area contributed by atoms with Crippen molar-refractivity contribution in [3.05, 3.63) is 52.8 Å². The Morgan fingerprint density at radius 3 is 2.90 bits per heavy atom. The minimum absolute atomic E-state index is 0.0134. The Kier molecular flexibility index (Phi) is 3.28. The summed E-state index contributed by atoms with van der Waals surface area (Å²) in [5.41, 5.74) is 1.45. The summed E-state index contributed by atoms with van der Waals surface area (Å²) < 4.78 is 3.93. The Bertz CT molecular complexity index is 774. The van der Waals surface area contributed by atoms with Crippen molar-refractivity contribution in [2.24, 2.45) is 0 Å². The van der Waals surface area contributed by atoms with Gasteiger partial charge in [0.05, 0.1) is 5.69 Å². The molecular weight excluding hydrogens is 270 g/mol. The third-order valence-corrected chi connectivity index (χ3v) is 3.93. The van der Waals surface area contributed by atoms with Gasteiger partial charge in [-0.25, -0.2) is 0 Å². The van der Waals surface area contributed by atoms with E-state index in [9.17, 15) is 4.79 Å². The smallest absolute Gasteiger partial charge is 0.207 e. The summed E-state index contributed by atoms with van der Waals surface area (Å²) >= 11 is 1.16. The van der Waals surface area contributed by atoms with Crippen molar-refractivity contribution in [3.8, 4) is 0 Å². The maximum absolute atomic E-state index is 12.8. The third-order valence-electron chi connectivity index (χ3n) is 3.19. The predicted octanol–water partition coefficient (Wildman–Crippen LogP) is 3.44. The van der Waals surface area contributed by atoms with Gasteiger partial charge in [-0.15, -0.1) is 5.10 Å². The van der Waals surface area contributed by atoms with E-state index in [1.807, 2.05) is 38.1 Å². The molecule has 0 atom stereocenters. The van der Waals surface area contributed by atoms with Crippen LogP contribution < -0.4 is 0 Å². The van der Waals surface area contributed by atoms with Crippen molar-refractivity contribution >= 4 is 28.1 Å². The minimum atomic E-state index is -0.0134. The number of pyridine rings is 1. The standard InChI is InChI=1S/C15H13N3OS/c1-9(2)13-15(20-18-17-13)14(19)12-5-3-4-10-8-16-7-6-11(10)12/h3-9H,1-2H3. The van der Waals surface area contributed by atoms with Crippen LogP contribution in [0.25, 0.3) is 10.8 Å². The third kappa shape index (κ3) is 2.10. The normalized spacial score (nSPS) is 11.2. The van der Waals surface area contributed by atoms with Crippen molar-refractivity contribution in [2.45, 2.75) is 19.8 Å². The van der Waals surface area contributed by atoms with E-state index in [0.29, 0.717) is 10.4 Å². The number of fused-ring (bicyclic) bond motifs is 1. The van der Waals surface area contributed by atoms with Crippen molar-refractivity contribution < 1.29 is 4.79 Å². The van der Waals surface area contributed by atoms with Gasteiger partial charge in [-0.1, -0.05) is 36.5 Å². The summed E-state index contributed by atoms with van der Waals surface area (Å²) in [6.07, 6.45) is 3.47. The van der Waals surface area contributed by atoms with Crippen LogP contribution in [0.15, 0.2) is 36.7 Å². The summed E-state index contributed by atoms with van der Waals surface area (Å²) in [5, 5.41) is 5.95. The largest absolute Gasteiger partial charge is 0.288 e. The SMILES string of the molecule is CC(C)c1nnsc1C(=O)c1cccc2cnccc12. The molecule has 2 heterocycles. The van der Waals surface area contributed by atoms with Gasteiger partial charge in [-0.2, -0.15) is 0 Å². The molecule has 0 radical (unpaired) electrons. The monoisotopic (exact) mass is 283 g/mol. The first-order valence-corrected chi connectivity index (χ1v) is 7.15. The fourth-order valence-electron chi connectivity index (χ4n) is 2.18. The molecule has 4 nitrogen and oxygen atoms in total. The minimum Gasteiger partial charge on any atom is -0.288 e. The molecule has 3 rings (SSSR count). The second-order valence-electron chi connectivity index (χ2n) is 4.87. The first-order valence-electron chi connectivity index (χ1n) is 6.38.